The van der Waals surface area contributed by atoms with Crippen molar-refractivity contribution in [3.8, 4) is 0 Å². The van der Waals surface area contributed by atoms with Crippen molar-refractivity contribution >= 4 is 0 Å². The Morgan fingerprint density at radius 1 is 1.04 bits per heavy atom. The standard InChI is InChI=1S/C22H34O2.3Y/c1-14(2)18-9-10-19-17(6-5-11-22(18,19)4)8-7-16-12-20(23)15(3)21(24)13-16;;;/h7-8,14,18-21,23-24H,3,5-6,9-13H2,1-2,4H3;;;/b17-8+;;;/t18?,19-,20+,21+,22+;;;/m0.../s1. The van der Waals surface area contributed by atoms with E-state index >= 15 is 0 Å². The first-order chi connectivity index (χ1) is 11.3. The Kier molecular flexibility index (Phi) is 13.6. The second-order valence-corrected chi connectivity index (χ2v) is 8.92. The summed E-state index contributed by atoms with van der Waals surface area (Å²) in [6.45, 7) is 11.1. The van der Waals surface area contributed by atoms with Gasteiger partial charge in [-0.05, 0) is 73.7 Å². The van der Waals surface area contributed by atoms with Crippen LogP contribution >= 0.6 is 0 Å². The molecule has 2 nitrogen and oxygen atoms in total. The predicted octanol–water partition coefficient (Wildman–Crippen LogP) is 4.78. The van der Waals surface area contributed by atoms with Crippen LogP contribution in [0.25, 0.3) is 0 Å². The molecule has 5 atom stereocenters. The fourth-order valence-corrected chi connectivity index (χ4v) is 5.80. The maximum Gasteiger partial charge on any atom is 0.0809 e. The molecule has 3 saturated carbocycles. The number of aliphatic hydroxyl groups excluding tert-OH is 2. The van der Waals surface area contributed by atoms with Crippen LogP contribution in [0.5, 0.6) is 0 Å². The van der Waals surface area contributed by atoms with Crippen LogP contribution in [0.4, 0.5) is 0 Å². The third-order valence-electron chi connectivity index (χ3n) is 7.14. The molecule has 3 radical (unpaired) electrons. The van der Waals surface area contributed by atoms with Crippen molar-refractivity contribution in [2.45, 2.75) is 77.9 Å². The summed E-state index contributed by atoms with van der Waals surface area (Å²) in [5.41, 5.74) is 3.80. The van der Waals surface area contributed by atoms with E-state index in [1.165, 1.54) is 32.1 Å². The molecule has 0 amide bonds. The third-order valence-corrected chi connectivity index (χ3v) is 7.14. The zero-order chi connectivity index (χ0) is 17.5. The number of aliphatic hydroxyl groups is 2. The maximum atomic E-state index is 10.0. The average Bonchev–Trinajstić information content (AvgIpc) is 2.88. The van der Waals surface area contributed by atoms with Crippen LogP contribution in [0.2, 0.25) is 0 Å². The van der Waals surface area contributed by atoms with Crippen molar-refractivity contribution in [3.63, 3.8) is 0 Å². The number of rotatable bonds is 2. The number of fused-ring (bicyclic) bond motifs is 1. The Balaban J connectivity index is 0.00000225. The molecule has 3 fully saturated rings. The van der Waals surface area contributed by atoms with Crippen LogP contribution in [-0.4, -0.2) is 22.4 Å². The molecule has 0 spiro atoms. The molecule has 1 unspecified atom stereocenters. The van der Waals surface area contributed by atoms with Gasteiger partial charge in [0.05, 0.1) is 12.2 Å². The molecule has 3 rings (SSSR count). The molecule has 3 aliphatic rings. The minimum atomic E-state index is -0.591. The first-order valence-electron chi connectivity index (χ1n) is 9.76. The summed E-state index contributed by atoms with van der Waals surface area (Å²) in [6.07, 6.45) is 11.1. The Bertz CT molecular complexity index is 554. The molecule has 27 heavy (non-hydrogen) atoms. The quantitative estimate of drug-likeness (QED) is 0.451. The molecular weight excluding hydrogens is 563 g/mol. The van der Waals surface area contributed by atoms with Gasteiger partial charge in [-0.15, -0.1) is 0 Å². The first-order valence-corrected chi connectivity index (χ1v) is 9.76. The largest absolute Gasteiger partial charge is 0.388 e. The van der Waals surface area contributed by atoms with Crippen LogP contribution in [0.15, 0.2) is 35.5 Å². The van der Waals surface area contributed by atoms with E-state index in [9.17, 15) is 10.2 Å². The average molecular weight is 597 g/mol. The van der Waals surface area contributed by atoms with Crippen LogP contribution in [0.1, 0.15) is 65.7 Å². The summed E-state index contributed by atoms with van der Waals surface area (Å²) in [5, 5.41) is 20.0. The van der Waals surface area contributed by atoms with E-state index in [0.717, 1.165) is 23.3 Å². The second kappa shape index (κ2) is 12.5. The van der Waals surface area contributed by atoms with E-state index in [0.29, 0.717) is 23.8 Å². The van der Waals surface area contributed by atoms with Crippen molar-refractivity contribution < 1.29 is 108 Å². The van der Waals surface area contributed by atoms with E-state index in [4.69, 9.17) is 0 Å². The van der Waals surface area contributed by atoms with Gasteiger partial charge in [0.1, 0.15) is 0 Å². The molecule has 3 aliphatic carbocycles. The molecular formula is C22H34O2Y3. The van der Waals surface area contributed by atoms with E-state index < -0.39 is 12.2 Å². The number of allylic oxidation sites excluding steroid dienone is 3. The SMILES string of the molecule is C=C1[C@H](O)CC(=C/C=C2\CCC[C@]3(C)C(C(C)C)CC[C@@H]23)C[C@H]1O.[Y].[Y].[Y]. The van der Waals surface area contributed by atoms with Gasteiger partial charge in [0.2, 0.25) is 0 Å². The van der Waals surface area contributed by atoms with Gasteiger partial charge in [0.25, 0.3) is 0 Å². The molecule has 0 aromatic rings. The van der Waals surface area contributed by atoms with Gasteiger partial charge >= 0.3 is 0 Å². The van der Waals surface area contributed by atoms with E-state index in [1.807, 2.05) is 0 Å². The molecule has 2 N–H and O–H groups in total. The smallest absolute Gasteiger partial charge is 0.0809 e. The summed E-state index contributed by atoms with van der Waals surface area (Å²) >= 11 is 0. The summed E-state index contributed by atoms with van der Waals surface area (Å²) < 4.78 is 0. The summed E-state index contributed by atoms with van der Waals surface area (Å²) in [4.78, 5) is 0. The molecule has 0 aromatic carbocycles. The fraction of sp³-hybridized carbons (Fsp3) is 0.727. The third kappa shape index (κ3) is 6.47. The Morgan fingerprint density at radius 3 is 2.19 bits per heavy atom. The van der Waals surface area contributed by atoms with Crippen molar-refractivity contribution in [3.05, 3.63) is 35.5 Å². The predicted molar refractivity (Wildman–Crippen MR) is 99.6 cm³/mol. The van der Waals surface area contributed by atoms with Gasteiger partial charge in [-0.3, -0.25) is 0 Å². The van der Waals surface area contributed by atoms with Gasteiger partial charge in [-0.2, -0.15) is 0 Å². The van der Waals surface area contributed by atoms with Crippen LogP contribution < -0.4 is 0 Å². The molecule has 143 valence electrons. The Morgan fingerprint density at radius 2 is 1.63 bits per heavy atom. The van der Waals surface area contributed by atoms with E-state index in [1.54, 1.807) is 5.57 Å². The zero-order valence-corrected chi connectivity index (χ0v) is 25.8. The summed E-state index contributed by atoms with van der Waals surface area (Å²) in [6, 6.07) is 0. The Labute approximate surface area is 241 Å². The van der Waals surface area contributed by atoms with Crippen molar-refractivity contribution in [2.75, 3.05) is 0 Å². The molecule has 0 bridgehead atoms. The fourth-order valence-electron chi connectivity index (χ4n) is 5.80. The van der Waals surface area contributed by atoms with Crippen LogP contribution in [0.3, 0.4) is 0 Å². The Hall–Kier alpha value is 2.45. The van der Waals surface area contributed by atoms with Gasteiger partial charge < -0.3 is 10.2 Å². The van der Waals surface area contributed by atoms with Crippen molar-refractivity contribution in [1.82, 2.24) is 0 Å². The van der Waals surface area contributed by atoms with E-state index in [2.05, 4.69) is 39.5 Å². The second-order valence-electron chi connectivity index (χ2n) is 8.92. The minimum Gasteiger partial charge on any atom is -0.388 e. The topological polar surface area (TPSA) is 40.5 Å². The monoisotopic (exact) mass is 597 g/mol. The summed E-state index contributed by atoms with van der Waals surface area (Å²) in [7, 11) is 0. The maximum absolute atomic E-state index is 10.0. The molecule has 0 aliphatic heterocycles. The van der Waals surface area contributed by atoms with E-state index in [-0.39, 0.29) is 98.1 Å². The van der Waals surface area contributed by atoms with Crippen LogP contribution in [-0.2, 0) is 98.1 Å². The molecule has 5 heteroatoms. The summed E-state index contributed by atoms with van der Waals surface area (Å²) in [5.74, 6) is 2.34. The molecule has 0 heterocycles. The normalized spacial score (nSPS) is 37.2. The van der Waals surface area contributed by atoms with Gasteiger partial charge in [-0.1, -0.05) is 50.6 Å². The van der Waals surface area contributed by atoms with Crippen molar-refractivity contribution in [1.29, 1.82) is 0 Å². The number of hydrogen-bond acceptors (Lipinski definition) is 2. The number of hydrogen-bond donors (Lipinski definition) is 2. The van der Waals surface area contributed by atoms with Crippen molar-refractivity contribution in [2.24, 2.45) is 23.2 Å². The minimum absolute atomic E-state index is 0. The van der Waals surface area contributed by atoms with Crippen LogP contribution in [0, 0.1) is 23.2 Å². The van der Waals surface area contributed by atoms with Gasteiger partial charge in [-0.25, -0.2) is 0 Å². The van der Waals surface area contributed by atoms with Gasteiger partial charge in [0, 0.05) is 98.1 Å². The first kappa shape index (κ1) is 29.5. The molecule has 0 saturated heterocycles. The molecule has 0 aromatic heterocycles. The zero-order valence-electron chi connectivity index (χ0n) is 17.3. The van der Waals surface area contributed by atoms with Gasteiger partial charge in [0.15, 0.2) is 0 Å².